The summed E-state index contributed by atoms with van der Waals surface area (Å²) in [4.78, 5) is 23.0. The van der Waals surface area contributed by atoms with Crippen LogP contribution >= 0.6 is 0 Å². The number of benzene rings is 1. The van der Waals surface area contributed by atoms with Crippen LogP contribution in [0.4, 0.5) is 31.1 Å². The van der Waals surface area contributed by atoms with E-state index in [9.17, 15) is 35.9 Å². The Balaban J connectivity index is 3.38. The van der Waals surface area contributed by atoms with Gasteiger partial charge in [-0.05, 0) is 44.5 Å². The summed E-state index contributed by atoms with van der Waals surface area (Å²) >= 11 is 0. The fourth-order valence-corrected chi connectivity index (χ4v) is 1.86. The molecule has 26 heavy (non-hydrogen) atoms. The van der Waals surface area contributed by atoms with Gasteiger partial charge in [0.05, 0.1) is 11.1 Å². The smallest absolute Gasteiger partial charge is 0.416 e. The Labute approximate surface area is 143 Å². The van der Waals surface area contributed by atoms with Crippen LogP contribution in [-0.2, 0) is 21.9 Å². The fourth-order valence-electron chi connectivity index (χ4n) is 1.86. The monoisotopic (exact) mass is 387 g/mol. The molecule has 146 valence electrons. The molecule has 2 N–H and O–H groups in total. The number of halogens is 6. The van der Waals surface area contributed by atoms with Gasteiger partial charge in [0.1, 0.15) is 5.60 Å². The van der Waals surface area contributed by atoms with Crippen LogP contribution in [-0.4, -0.2) is 22.8 Å². The molecule has 0 spiro atoms. The minimum Gasteiger partial charge on any atom is -0.479 e. The molecule has 0 aromatic heterocycles. The minimum absolute atomic E-state index is 0.143. The van der Waals surface area contributed by atoms with Gasteiger partial charge in [-0.15, -0.1) is 0 Å². The van der Waals surface area contributed by atoms with E-state index in [1.165, 1.54) is 20.8 Å². The number of ether oxygens (including phenoxy) is 1. The first-order valence-corrected chi connectivity index (χ1v) is 7.02. The van der Waals surface area contributed by atoms with Crippen molar-refractivity contribution in [3.05, 3.63) is 34.9 Å². The minimum atomic E-state index is -5.15. The second-order valence-corrected chi connectivity index (χ2v) is 6.26. The molecule has 0 fully saturated rings. The van der Waals surface area contributed by atoms with Gasteiger partial charge in [-0.25, -0.2) is 9.59 Å². The molecule has 0 aliphatic heterocycles. The second kappa shape index (κ2) is 7.04. The standard InChI is InChI=1S/C15H15F6NO4/c1-13(2,3)26-12(25)22-10(11(23)24)7-4-8(14(16,17)18)6-9(5-7)15(19,20)21/h4-6,10H,1-3H3,(H,22,25)(H,23,24)/t10-/m0/s1. The number of alkyl halides is 6. The lowest BCUT2D eigenvalue weighted by molar-refractivity contribution is -0.144. The van der Waals surface area contributed by atoms with Crippen molar-refractivity contribution in [1.29, 1.82) is 0 Å². The summed E-state index contributed by atoms with van der Waals surface area (Å²) in [5, 5.41) is 10.9. The predicted octanol–water partition coefficient (Wildman–Crippen LogP) is 4.37. The Morgan fingerprint density at radius 3 is 1.69 bits per heavy atom. The number of rotatable bonds is 3. The lowest BCUT2D eigenvalue weighted by atomic mass is 9.99. The van der Waals surface area contributed by atoms with Crippen molar-refractivity contribution in [2.75, 3.05) is 0 Å². The van der Waals surface area contributed by atoms with E-state index in [4.69, 9.17) is 9.84 Å². The Bertz CT molecular complexity index is 659. The average molecular weight is 387 g/mol. The van der Waals surface area contributed by atoms with E-state index in [0.717, 1.165) is 0 Å². The second-order valence-electron chi connectivity index (χ2n) is 6.26. The van der Waals surface area contributed by atoms with Gasteiger partial charge in [0.2, 0.25) is 0 Å². The topological polar surface area (TPSA) is 75.6 Å². The highest BCUT2D eigenvalue weighted by Gasteiger charge is 2.38. The molecule has 5 nitrogen and oxygen atoms in total. The van der Waals surface area contributed by atoms with Crippen molar-refractivity contribution in [2.45, 2.75) is 44.8 Å². The summed E-state index contributed by atoms with van der Waals surface area (Å²) < 4.78 is 81.9. The number of hydrogen-bond donors (Lipinski definition) is 2. The largest absolute Gasteiger partial charge is 0.479 e. The number of carboxylic acids is 1. The third-order valence-electron chi connectivity index (χ3n) is 2.85. The number of carboxylic acid groups (broad SMARTS) is 1. The number of carbonyl (C=O) groups excluding carboxylic acids is 1. The lowest BCUT2D eigenvalue weighted by Gasteiger charge is -2.23. The van der Waals surface area contributed by atoms with Crippen molar-refractivity contribution in [2.24, 2.45) is 0 Å². The maximum atomic E-state index is 12.9. The quantitative estimate of drug-likeness (QED) is 0.755. The van der Waals surface area contributed by atoms with E-state index >= 15 is 0 Å². The van der Waals surface area contributed by atoms with Crippen molar-refractivity contribution in [3.8, 4) is 0 Å². The summed E-state index contributed by atoms with van der Waals surface area (Å²) in [6, 6.07) is -1.86. The van der Waals surface area contributed by atoms with E-state index in [-0.39, 0.29) is 18.2 Å². The molecule has 0 saturated heterocycles. The zero-order valence-electron chi connectivity index (χ0n) is 13.7. The van der Waals surface area contributed by atoms with Crippen molar-refractivity contribution < 1.29 is 45.8 Å². The average Bonchev–Trinajstić information content (AvgIpc) is 2.40. The van der Waals surface area contributed by atoms with Crippen LogP contribution in [0.5, 0.6) is 0 Å². The molecule has 0 bridgehead atoms. The first-order chi connectivity index (χ1) is 11.5. The maximum Gasteiger partial charge on any atom is 0.416 e. The van der Waals surface area contributed by atoms with Crippen LogP contribution in [0.25, 0.3) is 0 Å². The molecular weight excluding hydrogens is 372 g/mol. The van der Waals surface area contributed by atoms with E-state index in [0.29, 0.717) is 0 Å². The molecule has 0 saturated carbocycles. The first-order valence-electron chi connectivity index (χ1n) is 7.02. The van der Waals surface area contributed by atoms with E-state index in [1.807, 2.05) is 0 Å². The van der Waals surface area contributed by atoms with Gasteiger partial charge in [-0.1, -0.05) is 0 Å². The van der Waals surface area contributed by atoms with Gasteiger partial charge in [0.25, 0.3) is 0 Å². The Hall–Kier alpha value is -2.46. The number of nitrogens with one attached hydrogen (secondary N) is 1. The SMILES string of the molecule is CC(C)(C)OC(=O)N[C@H](C(=O)O)c1cc(C(F)(F)F)cc(C(F)(F)F)c1. The third kappa shape index (κ3) is 6.12. The van der Waals surface area contributed by atoms with Crippen LogP contribution < -0.4 is 5.32 Å². The van der Waals surface area contributed by atoms with Crippen LogP contribution in [0.1, 0.15) is 43.5 Å². The number of amides is 1. The fraction of sp³-hybridized carbons (Fsp3) is 0.467. The highest BCUT2D eigenvalue weighted by atomic mass is 19.4. The third-order valence-corrected chi connectivity index (χ3v) is 2.85. The Morgan fingerprint density at radius 2 is 1.38 bits per heavy atom. The number of hydrogen-bond acceptors (Lipinski definition) is 3. The highest BCUT2D eigenvalue weighted by Crippen LogP contribution is 2.37. The van der Waals surface area contributed by atoms with Gasteiger partial charge >= 0.3 is 24.4 Å². The van der Waals surface area contributed by atoms with Gasteiger partial charge in [0, 0.05) is 0 Å². The maximum absolute atomic E-state index is 12.9. The first kappa shape index (κ1) is 21.6. The van der Waals surface area contributed by atoms with Crippen LogP contribution in [0, 0.1) is 0 Å². The van der Waals surface area contributed by atoms with Gasteiger partial charge in [-0.3, -0.25) is 0 Å². The number of aliphatic carboxylic acids is 1. The lowest BCUT2D eigenvalue weighted by Crippen LogP contribution is -2.38. The molecule has 0 aliphatic carbocycles. The summed E-state index contributed by atoms with van der Waals surface area (Å²) in [7, 11) is 0. The molecule has 1 rings (SSSR count). The van der Waals surface area contributed by atoms with Gasteiger partial charge < -0.3 is 15.2 Å². The molecular formula is C15H15F6NO4. The van der Waals surface area contributed by atoms with Crippen molar-refractivity contribution in [1.82, 2.24) is 5.32 Å². The Kier molecular flexibility index (Phi) is 5.84. The molecule has 0 aliphatic rings. The molecule has 1 amide bonds. The highest BCUT2D eigenvalue weighted by molar-refractivity contribution is 5.81. The Morgan fingerprint density at radius 1 is 0.962 bits per heavy atom. The molecule has 0 unspecified atom stereocenters. The molecule has 1 aromatic rings. The van der Waals surface area contributed by atoms with Crippen LogP contribution in [0.2, 0.25) is 0 Å². The van der Waals surface area contributed by atoms with Crippen molar-refractivity contribution in [3.63, 3.8) is 0 Å². The van der Waals surface area contributed by atoms with Crippen LogP contribution in [0.15, 0.2) is 18.2 Å². The summed E-state index contributed by atoms with van der Waals surface area (Å²) in [5.41, 5.74) is -5.34. The zero-order valence-corrected chi connectivity index (χ0v) is 13.7. The zero-order chi connectivity index (χ0) is 20.5. The van der Waals surface area contributed by atoms with Crippen LogP contribution in [0.3, 0.4) is 0 Å². The predicted molar refractivity (Wildman–Crippen MR) is 76.2 cm³/mol. The molecule has 0 heterocycles. The number of carbonyl (C=O) groups is 2. The van der Waals surface area contributed by atoms with E-state index in [2.05, 4.69) is 0 Å². The molecule has 1 atom stereocenters. The van der Waals surface area contributed by atoms with Gasteiger partial charge in [0.15, 0.2) is 6.04 Å². The van der Waals surface area contributed by atoms with Crippen molar-refractivity contribution >= 4 is 12.1 Å². The van der Waals surface area contributed by atoms with E-state index < -0.39 is 52.7 Å². The summed E-state index contributed by atoms with van der Waals surface area (Å²) in [5.74, 6) is -1.86. The van der Waals surface area contributed by atoms with E-state index in [1.54, 1.807) is 5.32 Å². The van der Waals surface area contributed by atoms with Gasteiger partial charge in [-0.2, -0.15) is 26.3 Å². The number of alkyl carbamates (subject to hydrolysis) is 1. The summed E-state index contributed by atoms with van der Waals surface area (Å²) in [6.45, 7) is 4.32. The normalized spacial score (nSPS) is 13.9. The molecule has 11 heteroatoms. The summed E-state index contributed by atoms with van der Waals surface area (Å²) in [6.07, 6.45) is -11.6. The molecule has 1 aromatic carbocycles. The molecule has 0 radical (unpaired) electrons.